The molecule has 0 atom stereocenters. The van der Waals surface area contributed by atoms with Crippen LogP contribution in [0.1, 0.15) is 11.1 Å². The van der Waals surface area contributed by atoms with Gasteiger partial charge >= 0.3 is 6.18 Å². The zero-order chi connectivity index (χ0) is 17.5. The minimum atomic E-state index is -4.47. The molecule has 0 bridgehead atoms. The fourth-order valence-corrected chi connectivity index (χ4v) is 2.78. The Balaban J connectivity index is 2.15. The molecular formula is C17H13ClF3N3. The second kappa shape index (κ2) is 5.94. The summed E-state index contributed by atoms with van der Waals surface area (Å²) < 4.78 is 41.0. The molecule has 1 aromatic heterocycles. The molecule has 3 aromatic rings. The smallest absolute Gasteiger partial charge is 0.248 e. The highest BCUT2D eigenvalue weighted by molar-refractivity contribution is 6.33. The SMILES string of the molecule is Cc1ccc(-c2nc(-c3ccccc3C(F)(F)F)n(C)n2)c(Cl)c1. The third kappa shape index (κ3) is 3.01. The monoisotopic (exact) mass is 351 g/mol. The lowest BCUT2D eigenvalue weighted by Gasteiger charge is -2.11. The first-order chi connectivity index (χ1) is 11.3. The summed E-state index contributed by atoms with van der Waals surface area (Å²) in [6, 6.07) is 10.7. The second-order valence-electron chi connectivity index (χ2n) is 5.41. The molecule has 0 aliphatic rings. The normalized spacial score (nSPS) is 11.8. The van der Waals surface area contributed by atoms with E-state index < -0.39 is 11.7 Å². The van der Waals surface area contributed by atoms with E-state index in [-0.39, 0.29) is 17.2 Å². The number of aromatic nitrogens is 3. The molecule has 0 fully saturated rings. The minimum absolute atomic E-state index is 0.0190. The number of benzene rings is 2. The first-order valence-corrected chi connectivity index (χ1v) is 7.49. The van der Waals surface area contributed by atoms with Crippen molar-refractivity contribution >= 4 is 11.6 Å². The Kier molecular flexibility index (Phi) is 4.09. The van der Waals surface area contributed by atoms with Gasteiger partial charge in [0, 0.05) is 18.2 Å². The Bertz CT molecular complexity index is 900. The molecule has 0 aliphatic carbocycles. The molecule has 0 saturated heterocycles. The number of aryl methyl sites for hydroxylation is 2. The molecule has 0 N–H and O–H groups in total. The molecule has 0 spiro atoms. The van der Waals surface area contributed by atoms with Gasteiger partial charge in [-0.2, -0.15) is 18.3 Å². The van der Waals surface area contributed by atoms with Crippen LogP contribution in [0.25, 0.3) is 22.8 Å². The van der Waals surface area contributed by atoms with Crippen molar-refractivity contribution in [3.63, 3.8) is 0 Å². The Morgan fingerprint density at radius 3 is 2.42 bits per heavy atom. The predicted molar refractivity (Wildman–Crippen MR) is 86.6 cm³/mol. The van der Waals surface area contributed by atoms with E-state index in [0.29, 0.717) is 10.6 Å². The van der Waals surface area contributed by atoms with E-state index in [0.717, 1.165) is 11.6 Å². The summed E-state index contributed by atoms with van der Waals surface area (Å²) in [5.41, 5.74) is 0.785. The molecule has 0 radical (unpaired) electrons. The molecule has 3 nitrogen and oxygen atoms in total. The summed E-state index contributed by atoms with van der Waals surface area (Å²) in [5, 5.41) is 4.68. The van der Waals surface area contributed by atoms with Gasteiger partial charge in [0.15, 0.2) is 11.6 Å². The van der Waals surface area contributed by atoms with E-state index >= 15 is 0 Å². The first kappa shape index (κ1) is 16.5. The lowest BCUT2D eigenvalue weighted by atomic mass is 10.1. The Morgan fingerprint density at radius 2 is 1.75 bits per heavy atom. The predicted octanol–water partition coefficient (Wildman–Crippen LogP) is 5.13. The Labute approximate surface area is 141 Å². The van der Waals surface area contributed by atoms with Gasteiger partial charge < -0.3 is 0 Å². The van der Waals surface area contributed by atoms with Gasteiger partial charge in [0.2, 0.25) is 0 Å². The Morgan fingerprint density at radius 1 is 1.04 bits per heavy atom. The lowest BCUT2D eigenvalue weighted by Crippen LogP contribution is -2.08. The number of alkyl halides is 3. The molecule has 7 heteroatoms. The van der Waals surface area contributed by atoms with Crippen molar-refractivity contribution in [3.05, 3.63) is 58.6 Å². The average Bonchev–Trinajstić information content (AvgIpc) is 2.88. The molecule has 0 saturated carbocycles. The number of halogens is 4. The third-order valence-electron chi connectivity index (χ3n) is 3.60. The lowest BCUT2D eigenvalue weighted by molar-refractivity contribution is -0.137. The summed E-state index contributed by atoms with van der Waals surface area (Å²) in [5.74, 6) is 0.420. The molecule has 0 amide bonds. The minimum Gasteiger partial charge on any atom is -0.248 e. The van der Waals surface area contributed by atoms with Crippen LogP contribution in [0.15, 0.2) is 42.5 Å². The fourth-order valence-electron chi connectivity index (χ4n) is 2.46. The van der Waals surface area contributed by atoms with E-state index in [4.69, 9.17) is 11.6 Å². The zero-order valence-electron chi connectivity index (χ0n) is 12.9. The highest BCUT2D eigenvalue weighted by Crippen LogP contribution is 2.37. The van der Waals surface area contributed by atoms with Gasteiger partial charge in [-0.1, -0.05) is 35.9 Å². The van der Waals surface area contributed by atoms with Crippen molar-refractivity contribution in [2.45, 2.75) is 13.1 Å². The quantitative estimate of drug-likeness (QED) is 0.640. The number of hydrogen-bond donors (Lipinski definition) is 0. The van der Waals surface area contributed by atoms with Crippen LogP contribution in [0.3, 0.4) is 0 Å². The topological polar surface area (TPSA) is 30.7 Å². The molecular weight excluding hydrogens is 339 g/mol. The first-order valence-electron chi connectivity index (χ1n) is 7.11. The van der Waals surface area contributed by atoms with E-state index in [1.807, 2.05) is 13.0 Å². The summed E-state index contributed by atoms with van der Waals surface area (Å²) in [7, 11) is 1.56. The standard InChI is InChI=1S/C17H13ClF3N3/c1-10-7-8-12(14(18)9-10)15-22-16(24(2)23-15)11-5-3-4-6-13(11)17(19,20)21/h3-9H,1-2H3. The van der Waals surface area contributed by atoms with Crippen molar-refractivity contribution < 1.29 is 13.2 Å². The average molecular weight is 352 g/mol. The van der Waals surface area contributed by atoms with Crippen LogP contribution in [0.4, 0.5) is 13.2 Å². The van der Waals surface area contributed by atoms with Crippen LogP contribution in [-0.2, 0) is 13.2 Å². The van der Waals surface area contributed by atoms with E-state index in [1.54, 1.807) is 19.2 Å². The van der Waals surface area contributed by atoms with Gasteiger partial charge in [0.25, 0.3) is 0 Å². The Hall–Kier alpha value is -2.34. The fraction of sp³-hybridized carbons (Fsp3) is 0.176. The van der Waals surface area contributed by atoms with Gasteiger partial charge in [-0.15, -0.1) is 0 Å². The molecule has 2 aromatic carbocycles. The molecule has 0 aliphatic heterocycles. The summed E-state index contributed by atoms with van der Waals surface area (Å²) in [6.45, 7) is 1.90. The summed E-state index contributed by atoms with van der Waals surface area (Å²) in [4.78, 5) is 4.28. The van der Waals surface area contributed by atoms with Crippen molar-refractivity contribution in [3.8, 4) is 22.8 Å². The third-order valence-corrected chi connectivity index (χ3v) is 3.91. The summed E-state index contributed by atoms with van der Waals surface area (Å²) in [6.07, 6.45) is -4.47. The van der Waals surface area contributed by atoms with Crippen LogP contribution in [0.2, 0.25) is 5.02 Å². The van der Waals surface area contributed by atoms with Crippen LogP contribution < -0.4 is 0 Å². The van der Waals surface area contributed by atoms with Crippen molar-refractivity contribution in [1.29, 1.82) is 0 Å². The largest absolute Gasteiger partial charge is 0.417 e. The van der Waals surface area contributed by atoms with E-state index in [1.165, 1.54) is 22.9 Å². The van der Waals surface area contributed by atoms with Crippen molar-refractivity contribution in [1.82, 2.24) is 14.8 Å². The van der Waals surface area contributed by atoms with Crippen LogP contribution in [0.5, 0.6) is 0 Å². The second-order valence-corrected chi connectivity index (χ2v) is 5.82. The van der Waals surface area contributed by atoms with E-state index in [2.05, 4.69) is 10.1 Å². The highest BCUT2D eigenvalue weighted by atomic mass is 35.5. The maximum Gasteiger partial charge on any atom is 0.417 e. The molecule has 3 rings (SSSR count). The van der Waals surface area contributed by atoms with Gasteiger partial charge in [-0.25, -0.2) is 9.67 Å². The van der Waals surface area contributed by atoms with Gasteiger partial charge in [-0.3, -0.25) is 0 Å². The maximum absolute atomic E-state index is 13.2. The van der Waals surface area contributed by atoms with Crippen LogP contribution in [-0.4, -0.2) is 14.8 Å². The van der Waals surface area contributed by atoms with Crippen LogP contribution in [0, 0.1) is 6.92 Å². The number of hydrogen-bond acceptors (Lipinski definition) is 2. The molecule has 124 valence electrons. The number of nitrogens with zero attached hydrogens (tertiary/aromatic N) is 3. The van der Waals surface area contributed by atoms with Gasteiger partial charge in [0.1, 0.15) is 0 Å². The van der Waals surface area contributed by atoms with Gasteiger partial charge in [-0.05, 0) is 30.7 Å². The van der Waals surface area contributed by atoms with Crippen molar-refractivity contribution in [2.24, 2.45) is 7.05 Å². The number of rotatable bonds is 2. The molecule has 1 heterocycles. The zero-order valence-corrected chi connectivity index (χ0v) is 13.7. The molecule has 0 unspecified atom stereocenters. The van der Waals surface area contributed by atoms with Gasteiger partial charge in [0.05, 0.1) is 10.6 Å². The maximum atomic E-state index is 13.2. The molecule has 24 heavy (non-hydrogen) atoms. The van der Waals surface area contributed by atoms with Crippen LogP contribution >= 0.6 is 11.6 Å². The van der Waals surface area contributed by atoms with Crippen molar-refractivity contribution in [2.75, 3.05) is 0 Å². The summed E-state index contributed by atoms with van der Waals surface area (Å²) >= 11 is 6.21. The highest BCUT2D eigenvalue weighted by Gasteiger charge is 2.34. The van der Waals surface area contributed by atoms with E-state index in [9.17, 15) is 13.2 Å².